The van der Waals surface area contributed by atoms with Gasteiger partial charge in [0, 0.05) is 54.6 Å². The van der Waals surface area contributed by atoms with Crippen LogP contribution in [-0.4, -0.2) is 67.4 Å². The Hall–Kier alpha value is -2.30. The zero-order valence-corrected chi connectivity index (χ0v) is 21.8. The molecule has 2 aromatic rings. The van der Waals surface area contributed by atoms with Gasteiger partial charge in [-0.25, -0.2) is 13.2 Å². The van der Waals surface area contributed by atoms with Crippen LogP contribution in [0, 0.1) is 5.92 Å². The first-order valence-corrected chi connectivity index (χ1v) is 13.7. The van der Waals surface area contributed by atoms with Crippen LogP contribution >= 0.6 is 11.6 Å². The molecule has 9 nitrogen and oxygen atoms in total. The van der Waals surface area contributed by atoms with Crippen molar-refractivity contribution >= 4 is 44.6 Å². The van der Waals surface area contributed by atoms with E-state index in [1.807, 2.05) is 20.8 Å². The molecule has 1 aliphatic carbocycles. The Morgan fingerprint density at radius 2 is 1.71 bits per heavy atom. The maximum atomic E-state index is 13.1. The van der Waals surface area contributed by atoms with Gasteiger partial charge in [0.25, 0.3) is 10.0 Å². The molecule has 0 spiro atoms. The number of halogens is 1. The van der Waals surface area contributed by atoms with E-state index in [0.29, 0.717) is 54.8 Å². The number of sulfonamides is 1. The highest BCUT2D eigenvalue weighted by Crippen LogP contribution is 2.29. The molecule has 192 valence electrons. The third-order valence-electron chi connectivity index (χ3n) is 6.40. The SMILES string of the molecule is CC(C)(C)OC(=O)N[C@H]1CC[C@H](C(=O)N2CCN(S(=O)(=O)c3cc4cc(Cl)ccc4o3)CC2)CC1. The number of furan rings is 1. The number of fused-ring (bicyclic) bond motifs is 1. The quantitative estimate of drug-likeness (QED) is 0.646. The molecule has 1 saturated heterocycles. The molecule has 0 unspecified atom stereocenters. The van der Waals surface area contributed by atoms with E-state index >= 15 is 0 Å². The first kappa shape index (κ1) is 25.8. The number of nitrogens with zero attached hydrogens (tertiary/aromatic N) is 2. The van der Waals surface area contributed by atoms with Gasteiger partial charge in [-0.15, -0.1) is 0 Å². The van der Waals surface area contributed by atoms with E-state index in [0.717, 1.165) is 0 Å². The van der Waals surface area contributed by atoms with Gasteiger partial charge in [-0.1, -0.05) is 11.6 Å². The normalized spacial score (nSPS) is 22.2. The predicted octanol–water partition coefficient (Wildman–Crippen LogP) is 4.00. The Balaban J connectivity index is 1.28. The Labute approximate surface area is 210 Å². The highest BCUT2D eigenvalue weighted by molar-refractivity contribution is 7.89. The van der Waals surface area contributed by atoms with Crippen LogP contribution in [0.2, 0.25) is 5.02 Å². The van der Waals surface area contributed by atoms with E-state index in [1.54, 1.807) is 23.1 Å². The molecule has 2 fully saturated rings. The van der Waals surface area contributed by atoms with Crippen molar-refractivity contribution in [2.24, 2.45) is 5.92 Å². The van der Waals surface area contributed by atoms with Gasteiger partial charge in [0.1, 0.15) is 11.2 Å². The molecule has 0 bridgehead atoms. The molecule has 35 heavy (non-hydrogen) atoms. The summed E-state index contributed by atoms with van der Waals surface area (Å²) in [5.41, 5.74) is -0.0936. The molecular formula is C24H32ClN3O6S. The average molecular weight is 526 g/mol. The van der Waals surface area contributed by atoms with Crippen LogP contribution in [0.5, 0.6) is 0 Å². The number of rotatable bonds is 4. The third kappa shape index (κ3) is 6.10. The lowest BCUT2D eigenvalue weighted by atomic mass is 9.85. The molecule has 0 atom stereocenters. The van der Waals surface area contributed by atoms with Crippen LogP contribution in [0.25, 0.3) is 11.0 Å². The Morgan fingerprint density at radius 1 is 1.06 bits per heavy atom. The van der Waals surface area contributed by atoms with Crippen molar-refractivity contribution in [3.8, 4) is 0 Å². The molecule has 1 N–H and O–H groups in total. The Bertz CT molecular complexity index is 1190. The van der Waals surface area contributed by atoms with E-state index in [1.165, 1.54) is 10.4 Å². The second kappa shape index (κ2) is 9.99. The highest BCUT2D eigenvalue weighted by atomic mass is 35.5. The zero-order chi connectivity index (χ0) is 25.4. The minimum absolute atomic E-state index is 0.00502. The van der Waals surface area contributed by atoms with Gasteiger partial charge in [0.05, 0.1) is 0 Å². The van der Waals surface area contributed by atoms with E-state index in [-0.39, 0.29) is 36.0 Å². The van der Waals surface area contributed by atoms with Crippen molar-refractivity contribution in [1.82, 2.24) is 14.5 Å². The van der Waals surface area contributed by atoms with Crippen molar-refractivity contribution in [3.05, 3.63) is 29.3 Å². The maximum absolute atomic E-state index is 13.1. The van der Waals surface area contributed by atoms with Crippen molar-refractivity contribution < 1.29 is 27.2 Å². The lowest BCUT2D eigenvalue weighted by molar-refractivity contribution is -0.137. The number of hydrogen-bond donors (Lipinski definition) is 1. The number of benzene rings is 1. The molecule has 1 aliphatic heterocycles. The number of piperazine rings is 1. The molecule has 2 amide bonds. The summed E-state index contributed by atoms with van der Waals surface area (Å²) in [6.45, 7) is 6.54. The lowest BCUT2D eigenvalue weighted by Crippen LogP contribution is -2.52. The van der Waals surface area contributed by atoms with Gasteiger partial charge < -0.3 is 19.4 Å². The highest BCUT2D eigenvalue weighted by Gasteiger charge is 2.36. The monoisotopic (exact) mass is 525 g/mol. The van der Waals surface area contributed by atoms with Gasteiger partial charge in [-0.2, -0.15) is 4.31 Å². The van der Waals surface area contributed by atoms with Crippen molar-refractivity contribution in [2.75, 3.05) is 26.2 Å². The van der Waals surface area contributed by atoms with Crippen molar-refractivity contribution in [2.45, 2.75) is 63.2 Å². The summed E-state index contributed by atoms with van der Waals surface area (Å²) >= 11 is 5.99. The summed E-state index contributed by atoms with van der Waals surface area (Å²) in [5.74, 6) is -0.0638. The molecule has 2 heterocycles. The zero-order valence-electron chi connectivity index (χ0n) is 20.3. The fourth-order valence-corrected chi connectivity index (χ4v) is 6.16. The summed E-state index contributed by atoms with van der Waals surface area (Å²) in [6.07, 6.45) is 2.34. The molecule has 1 aromatic carbocycles. The van der Waals surface area contributed by atoms with E-state index in [9.17, 15) is 18.0 Å². The van der Waals surface area contributed by atoms with Gasteiger partial charge in [-0.05, 0) is 64.7 Å². The number of alkyl carbamates (subject to hydrolysis) is 1. The summed E-state index contributed by atoms with van der Waals surface area (Å²) < 4.78 is 38.4. The molecule has 2 aliphatic rings. The Morgan fingerprint density at radius 3 is 2.34 bits per heavy atom. The van der Waals surface area contributed by atoms with Crippen LogP contribution in [0.4, 0.5) is 4.79 Å². The number of hydrogen-bond acceptors (Lipinski definition) is 6. The van der Waals surface area contributed by atoms with Crippen LogP contribution < -0.4 is 5.32 Å². The Kier molecular flexibility index (Phi) is 7.36. The summed E-state index contributed by atoms with van der Waals surface area (Å²) in [7, 11) is -3.81. The number of carbonyl (C=O) groups excluding carboxylic acids is 2. The van der Waals surface area contributed by atoms with E-state index in [2.05, 4.69) is 5.32 Å². The standard InChI is InChI=1S/C24H32ClN3O6S/c1-24(2,3)34-23(30)26-19-7-4-16(5-8-19)22(29)27-10-12-28(13-11-27)35(31,32)21-15-17-14-18(25)6-9-20(17)33-21/h6,9,14-16,19H,4-5,7-8,10-13H2,1-3H3,(H,26,30)/t16-,19-. The molecule has 0 radical (unpaired) electrons. The smallest absolute Gasteiger partial charge is 0.407 e. The van der Waals surface area contributed by atoms with Crippen molar-refractivity contribution in [1.29, 1.82) is 0 Å². The van der Waals surface area contributed by atoms with Gasteiger partial charge in [-0.3, -0.25) is 4.79 Å². The van der Waals surface area contributed by atoms with E-state index in [4.69, 9.17) is 20.8 Å². The van der Waals surface area contributed by atoms with Crippen LogP contribution in [-0.2, 0) is 19.6 Å². The second-order valence-corrected chi connectivity index (χ2v) is 12.5. The number of ether oxygens (including phenoxy) is 1. The third-order valence-corrected chi connectivity index (χ3v) is 8.39. The average Bonchev–Trinajstić information content (AvgIpc) is 3.22. The summed E-state index contributed by atoms with van der Waals surface area (Å²) in [4.78, 5) is 26.8. The fraction of sp³-hybridized carbons (Fsp3) is 0.583. The molecule has 11 heteroatoms. The molecule has 1 aromatic heterocycles. The first-order chi connectivity index (χ1) is 16.4. The summed E-state index contributed by atoms with van der Waals surface area (Å²) in [6, 6.07) is 6.43. The predicted molar refractivity (Wildman–Crippen MR) is 132 cm³/mol. The van der Waals surface area contributed by atoms with Crippen molar-refractivity contribution in [3.63, 3.8) is 0 Å². The van der Waals surface area contributed by atoms with Gasteiger partial charge in [0.15, 0.2) is 0 Å². The molecule has 4 rings (SSSR count). The molecule has 1 saturated carbocycles. The van der Waals surface area contributed by atoms with Crippen LogP contribution in [0.1, 0.15) is 46.5 Å². The minimum Gasteiger partial charge on any atom is -0.444 e. The second-order valence-electron chi connectivity index (χ2n) is 10.2. The lowest BCUT2D eigenvalue weighted by Gasteiger charge is -2.37. The topological polar surface area (TPSA) is 109 Å². The fourth-order valence-electron chi connectivity index (χ4n) is 4.61. The molecular weight excluding hydrogens is 494 g/mol. The maximum Gasteiger partial charge on any atom is 0.407 e. The van der Waals surface area contributed by atoms with E-state index < -0.39 is 21.7 Å². The summed E-state index contributed by atoms with van der Waals surface area (Å²) in [5, 5.41) is 3.90. The number of carbonyl (C=O) groups is 2. The van der Waals surface area contributed by atoms with Crippen LogP contribution in [0.3, 0.4) is 0 Å². The first-order valence-electron chi connectivity index (χ1n) is 11.9. The minimum atomic E-state index is -3.81. The largest absolute Gasteiger partial charge is 0.444 e. The van der Waals surface area contributed by atoms with Gasteiger partial charge >= 0.3 is 6.09 Å². The number of amides is 2. The van der Waals surface area contributed by atoms with Crippen LogP contribution in [0.15, 0.2) is 33.8 Å². The van der Waals surface area contributed by atoms with Gasteiger partial charge in [0.2, 0.25) is 11.0 Å². The number of nitrogens with one attached hydrogen (secondary N) is 1.